The lowest BCUT2D eigenvalue weighted by atomic mass is 10.1. The van der Waals surface area contributed by atoms with Crippen LogP contribution in [0.2, 0.25) is 0 Å². The number of carbonyl (C=O) groups excluding carboxylic acids is 2. The molecule has 0 bridgehead atoms. The molecule has 0 radical (unpaired) electrons. The number of amides is 2. The summed E-state index contributed by atoms with van der Waals surface area (Å²) in [5.74, 6) is -0.250. The molecule has 0 saturated carbocycles. The average molecular weight is 376 g/mol. The number of nitrogens with one attached hydrogen (secondary N) is 2. The first-order valence-electron chi connectivity index (χ1n) is 9.27. The molecule has 2 N–H and O–H groups in total. The van der Waals surface area contributed by atoms with Gasteiger partial charge in [-0.3, -0.25) is 14.3 Å². The Balaban J connectivity index is 1.42. The fourth-order valence-electron chi connectivity index (χ4n) is 2.92. The van der Waals surface area contributed by atoms with Gasteiger partial charge in [0.2, 0.25) is 5.91 Å². The van der Waals surface area contributed by atoms with Gasteiger partial charge >= 0.3 is 0 Å². The summed E-state index contributed by atoms with van der Waals surface area (Å²) in [6, 6.07) is 17.3. The maximum atomic E-state index is 12.1. The minimum atomic E-state index is -0.155. The Bertz CT molecular complexity index is 935. The number of aromatic nitrogens is 2. The smallest absolute Gasteiger partial charge is 0.251 e. The van der Waals surface area contributed by atoms with E-state index in [0.717, 1.165) is 16.7 Å². The van der Waals surface area contributed by atoms with Gasteiger partial charge in [0.05, 0.1) is 6.54 Å². The SMILES string of the molecule is Cc1ccccc1C(=O)NCCC(=O)NCc1cccc(Cn2cccn2)c1. The molecule has 2 amide bonds. The predicted octanol–water partition coefficient (Wildman–Crippen LogP) is 2.68. The van der Waals surface area contributed by atoms with Crippen molar-refractivity contribution >= 4 is 11.8 Å². The van der Waals surface area contributed by atoms with Crippen LogP contribution in [0.1, 0.15) is 33.5 Å². The summed E-state index contributed by atoms with van der Waals surface area (Å²) in [5.41, 5.74) is 3.71. The van der Waals surface area contributed by atoms with Crippen LogP contribution in [0.3, 0.4) is 0 Å². The molecule has 3 aromatic rings. The van der Waals surface area contributed by atoms with E-state index in [1.807, 2.05) is 60.3 Å². The normalized spacial score (nSPS) is 10.5. The lowest BCUT2D eigenvalue weighted by Gasteiger charge is -2.09. The molecule has 0 unspecified atom stereocenters. The molecular formula is C22H24N4O2. The van der Waals surface area contributed by atoms with E-state index >= 15 is 0 Å². The molecule has 6 nitrogen and oxygen atoms in total. The van der Waals surface area contributed by atoms with E-state index in [2.05, 4.69) is 21.8 Å². The van der Waals surface area contributed by atoms with Gasteiger partial charge in [-0.1, -0.05) is 42.5 Å². The molecule has 1 heterocycles. The summed E-state index contributed by atoms with van der Waals surface area (Å²) in [7, 11) is 0. The number of benzene rings is 2. The van der Waals surface area contributed by atoms with Gasteiger partial charge in [-0.25, -0.2) is 0 Å². The minimum absolute atomic E-state index is 0.0948. The second-order valence-electron chi connectivity index (χ2n) is 6.62. The van der Waals surface area contributed by atoms with Crippen LogP contribution in [0, 0.1) is 6.92 Å². The van der Waals surface area contributed by atoms with Gasteiger partial charge in [-0.2, -0.15) is 5.10 Å². The first-order chi connectivity index (χ1) is 13.6. The zero-order chi connectivity index (χ0) is 19.8. The molecule has 0 spiro atoms. The summed E-state index contributed by atoms with van der Waals surface area (Å²) < 4.78 is 1.86. The maximum absolute atomic E-state index is 12.1. The van der Waals surface area contributed by atoms with Crippen molar-refractivity contribution in [3.63, 3.8) is 0 Å². The highest BCUT2D eigenvalue weighted by Crippen LogP contribution is 2.08. The topological polar surface area (TPSA) is 76.0 Å². The molecule has 3 rings (SSSR count). The third-order valence-electron chi connectivity index (χ3n) is 4.41. The zero-order valence-electron chi connectivity index (χ0n) is 15.9. The highest BCUT2D eigenvalue weighted by Gasteiger charge is 2.08. The molecule has 0 aliphatic carbocycles. The van der Waals surface area contributed by atoms with E-state index in [-0.39, 0.29) is 18.2 Å². The van der Waals surface area contributed by atoms with E-state index in [4.69, 9.17) is 0 Å². The number of rotatable bonds is 8. The molecule has 0 aliphatic rings. The van der Waals surface area contributed by atoms with Crippen molar-refractivity contribution < 1.29 is 9.59 Å². The molecular weight excluding hydrogens is 352 g/mol. The molecule has 28 heavy (non-hydrogen) atoms. The van der Waals surface area contributed by atoms with Gasteiger partial charge in [0.15, 0.2) is 0 Å². The highest BCUT2D eigenvalue weighted by atomic mass is 16.2. The summed E-state index contributed by atoms with van der Waals surface area (Å²) in [6.45, 7) is 3.34. The van der Waals surface area contributed by atoms with Crippen molar-refractivity contribution in [1.82, 2.24) is 20.4 Å². The lowest BCUT2D eigenvalue weighted by Crippen LogP contribution is -2.30. The fourth-order valence-corrected chi connectivity index (χ4v) is 2.92. The monoisotopic (exact) mass is 376 g/mol. The summed E-state index contributed by atoms with van der Waals surface area (Å²) >= 11 is 0. The molecule has 0 saturated heterocycles. The van der Waals surface area contributed by atoms with Gasteiger partial charge in [-0.05, 0) is 35.7 Å². The molecule has 6 heteroatoms. The van der Waals surface area contributed by atoms with E-state index in [1.165, 1.54) is 0 Å². The second kappa shape index (κ2) is 9.50. The van der Waals surface area contributed by atoms with E-state index < -0.39 is 0 Å². The van der Waals surface area contributed by atoms with Crippen LogP contribution in [-0.4, -0.2) is 28.1 Å². The van der Waals surface area contributed by atoms with Crippen molar-refractivity contribution in [2.24, 2.45) is 0 Å². The molecule has 2 aromatic carbocycles. The van der Waals surface area contributed by atoms with Crippen LogP contribution >= 0.6 is 0 Å². The van der Waals surface area contributed by atoms with Crippen LogP contribution in [0.4, 0.5) is 0 Å². The summed E-state index contributed by atoms with van der Waals surface area (Å²) in [5, 5.41) is 9.89. The van der Waals surface area contributed by atoms with Crippen LogP contribution < -0.4 is 10.6 Å². The molecule has 0 atom stereocenters. The van der Waals surface area contributed by atoms with Crippen LogP contribution in [0.15, 0.2) is 67.0 Å². The van der Waals surface area contributed by atoms with Crippen LogP contribution in [0.25, 0.3) is 0 Å². The minimum Gasteiger partial charge on any atom is -0.352 e. The van der Waals surface area contributed by atoms with Crippen molar-refractivity contribution in [1.29, 1.82) is 0 Å². The predicted molar refractivity (Wildman–Crippen MR) is 108 cm³/mol. The third-order valence-corrected chi connectivity index (χ3v) is 4.41. The van der Waals surface area contributed by atoms with Gasteiger partial charge in [0.25, 0.3) is 5.91 Å². The fraction of sp³-hybridized carbons (Fsp3) is 0.227. The van der Waals surface area contributed by atoms with Crippen LogP contribution in [0.5, 0.6) is 0 Å². The first-order valence-corrected chi connectivity index (χ1v) is 9.27. The Kier molecular flexibility index (Phi) is 6.57. The second-order valence-corrected chi connectivity index (χ2v) is 6.62. The van der Waals surface area contributed by atoms with Gasteiger partial charge in [0.1, 0.15) is 0 Å². The molecule has 0 aliphatic heterocycles. The van der Waals surface area contributed by atoms with Crippen molar-refractivity contribution in [2.45, 2.75) is 26.4 Å². The molecule has 144 valence electrons. The number of aryl methyl sites for hydroxylation is 1. The first kappa shape index (κ1) is 19.4. The van der Waals surface area contributed by atoms with Crippen molar-refractivity contribution in [3.05, 3.63) is 89.2 Å². The van der Waals surface area contributed by atoms with Gasteiger partial charge in [-0.15, -0.1) is 0 Å². The maximum Gasteiger partial charge on any atom is 0.251 e. The highest BCUT2D eigenvalue weighted by molar-refractivity contribution is 5.95. The van der Waals surface area contributed by atoms with E-state index in [9.17, 15) is 9.59 Å². The van der Waals surface area contributed by atoms with Crippen molar-refractivity contribution in [3.8, 4) is 0 Å². The Labute approximate surface area is 164 Å². The van der Waals surface area contributed by atoms with Crippen molar-refractivity contribution in [2.75, 3.05) is 6.54 Å². The molecule has 1 aromatic heterocycles. The average Bonchev–Trinajstić information content (AvgIpc) is 3.20. The van der Waals surface area contributed by atoms with Gasteiger partial charge < -0.3 is 10.6 Å². The quantitative estimate of drug-likeness (QED) is 0.635. The van der Waals surface area contributed by atoms with E-state index in [1.54, 1.807) is 12.3 Å². The standard InChI is InChI=1S/C22H24N4O2/c1-17-6-2-3-9-20(17)22(28)23-12-10-21(27)24-15-18-7-4-8-19(14-18)16-26-13-5-11-25-26/h2-9,11,13-14H,10,12,15-16H2,1H3,(H,23,28)(H,24,27). The zero-order valence-corrected chi connectivity index (χ0v) is 15.9. The number of hydrogen-bond acceptors (Lipinski definition) is 3. The number of hydrogen-bond donors (Lipinski definition) is 2. The summed E-state index contributed by atoms with van der Waals surface area (Å²) in [6.07, 6.45) is 3.91. The van der Waals surface area contributed by atoms with E-state index in [0.29, 0.717) is 25.2 Å². The van der Waals surface area contributed by atoms with Crippen LogP contribution in [-0.2, 0) is 17.9 Å². The Morgan fingerprint density at radius 3 is 2.61 bits per heavy atom. The number of carbonyl (C=O) groups is 2. The molecule has 0 fully saturated rings. The Hall–Kier alpha value is -3.41. The lowest BCUT2D eigenvalue weighted by molar-refractivity contribution is -0.121. The Morgan fingerprint density at radius 2 is 1.82 bits per heavy atom. The third kappa shape index (κ3) is 5.54. The number of nitrogens with zero attached hydrogens (tertiary/aromatic N) is 2. The van der Waals surface area contributed by atoms with Gasteiger partial charge in [0, 0.05) is 37.5 Å². The largest absolute Gasteiger partial charge is 0.352 e. The Morgan fingerprint density at radius 1 is 1.00 bits per heavy atom. The summed E-state index contributed by atoms with van der Waals surface area (Å²) in [4.78, 5) is 24.2.